The molecule has 2 heterocycles. The molecule has 0 spiro atoms. The fourth-order valence-corrected chi connectivity index (χ4v) is 4.36. The van der Waals surface area contributed by atoms with Crippen LogP contribution in [-0.2, 0) is 17.6 Å². The largest absolute Gasteiger partial charge is 0.497 e. The molecule has 0 fully saturated rings. The van der Waals surface area contributed by atoms with Crippen molar-refractivity contribution in [2.75, 3.05) is 27.9 Å². The number of benzene rings is 2. The summed E-state index contributed by atoms with van der Waals surface area (Å²) in [6, 6.07) is 11.6. The van der Waals surface area contributed by atoms with Gasteiger partial charge in [-0.1, -0.05) is 0 Å². The monoisotopic (exact) mass is 451 g/mol. The van der Waals surface area contributed by atoms with Gasteiger partial charge in [0.1, 0.15) is 10.8 Å². The molecule has 4 rings (SSSR count). The molecule has 0 radical (unpaired) electrons. The van der Waals surface area contributed by atoms with Gasteiger partial charge >= 0.3 is 0 Å². The molecule has 2 N–H and O–H groups in total. The third-order valence-corrected chi connectivity index (χ3v) is 6.16. The average Bonchev–Trinajstić information content (AvgIpc) is 3.45. The molecule has 0 aliphatic heterocycles. The third kappa shape index (κ3) is 4.70. The summed E-state index contributed by atoms with van der Waals surface area (Å²) in [5, 5.41) is 6.85. The van der Waals surface area contributed by atoms with E-state index in [1.165, 1.54) is 11.3 Å². The number of thiazole rings is 1. The van der Waals surface area contributed by atoms with Gasteiger partial charge in [0.05, 0.1) is 33.4 Å². The van der Waals surface area contributed by atoms with E-state index in [1.807, 2.05) is 48.0 Å². The zero-order valence-electron chi connectivity index (χ0n) is 18.2. The average molecular weight is 452 g/mol. The van der Waals surface area contributed by atoms with E-state index >= 15 is 0 Å². The van der Waals surface area contributed by atoms with Crippen LogP contribution >= 0.6 is 11.3 Å². The second-order valence-electron chi connectivity index (χ2n) is 7.22. The summed E-state index contributed by atoms with van der Waals surface area (Å²) < 4.78 is 16.0. The lowest BCUT2D eigenvalue weighted by Crippen LogP contribution is -2.27. The summed E-state index contributed by atoms with van der Waals surface area (Å²) in [5.41, 5.74) is 3.86. The van der Waals surface area contributed by atoms with Gasteiger partial charge in [-0.2, -0.15) is 0 Å². The minimum atomic E-state index is -0.0495. The van der Waals surface area contributed by atoms with E-state index in [0.717, 1.165) is 44.9 Å². The van der Waals surface area contributed by atoms with Crippen molar-refractivity contribution in [3.05, 3.63) is 59.2 Å². The van der Waals surface area contributed by atoms with Crippen LogP contribution < -0.4 is 19.5 Å². The molecule has 1 amide bonds. The van der Waals surface area contributed by atoms with Crippen molar-refractivity contribution in [3.63, 3.8) is 0 Å². The predicted molar refractivity (Wildman–Crippen MR) is 126 cm³/mol. The maximum absolute atomic E-state index is 12.4. The second-order valence-corrected chi connectivity index (χ2v) is 8.07. The number of hydrogen-bond donors (Lipinski definition) is 2. The standard InChI is InChI=1S/C24H25N3O4S/c1-29-18-5-6-20-19(12-18)16(13-26-20)8-9-25-23(28)11-17-14-32-24(27-17)15-4-7-21(30-2)22(10-15)31-3/h4-7,10,12-14,26H,8-9,11H2,1-3H3,(H,25,28). The molecule has 2 aromatic carbocycles. The highest BCUT2D eigenvalue weighted by atomic mass is 32.1. The number of rotatable bonds is 9. The molecular weight excluding hydrogens is 426 g/mol. The van der Waals surface area contributed by atoms with E-state index < -0.39 is 0 Å². The molecule has 0 aliphatic rings. The molecule has 32 heavy (non-hydrogen) atoms. The lowest BCUT2D eigenvalue weighted by molar-refractivity contribution is -0.120. The van der Waals surface area contributed by atoms with E-state index in [0.29, 0.717) is 18.0 Å². The highest BCUT2D eigenvalue weighted by Gasteiger charge is 2.12. The first-order chi connectivity index (χ1) is 15.6. The molecule has 166 valence electrons. The van der Waals surface area contributed by atoms with Gasteiger partial charge in [-0.15, -0.1) is 11.3 Å². The maximum Gasteiger partial charge on any atom is 0.226 e. The van der Waals surface area contributed by atoms with E-state index in [1.54, 1.807) is 21.3 Å². The number of aromatic nitrogens is 2. The number of ether oxygens (including phenoxy) is 3. The Morgan fingerprint density at radius 1 is 1.06 bits per heavy atom. The van der Waals surface area contributed by atoms with Crippen LogP contribution in [0, 0.1) is 0 Å². The molecule has 0 unspecified atom stereocenters. The number of fused-ring (bicyclic) bond motifs is 1. The van der Waals surface area contributed by atoms with Crippen molar-refractivity contribution >= 4 is 28.1 Å². The maximum atomic E-state index is 12.4. The van der Waals surface area contributed by atoms with Crippen LogP contribution in [0.3, 0.4) is 0 Å². The quantitative estimate of drug-likeness (QED) is 0.398. The van der Waals surface area contributed by atoms with Crippen molar-refractivity contribution in [1.82, 2.24) is 15.3 Å². The van der Waals surface area contributed by atoms with E-state index in [4.69, 9.17) is 14.2 Å². The van der Waals surface area contributed by atoms with Gasteiger partial charge in [0.25, 0.3) is 0 Å². The molecule has 7 nitrogen and oxygen atoms in total. The number of carbonyl (C=O) groups is 1. The normalized spacial score (nSPS) is 10.8. The van der Waals surface area contributed by atoms with Crippen LogP contribution in [0.4, 0.5) is 0 Å². The highest BCUT2D eigenvalue weighted by Crippen LogP contribution is 2.33. The Labute approximate surface area is 190 Å². The molecule has 0 saturated carbocycles. The van der Waals surface area contributed by atoms with Gasteiger partial charge < -0.3 is 24.5 Å². The van der Waals surface area contributed by atoms with Crippen LogP contribution in [0.25, 0.3) is 21.5 Å². The topological polar surface area (TPSA) is 85.5 Å². The van der Waals surface area contributed by atoms with E-state index in [9.17, 15) is 4.79 Å². The van der Waals surface area contributed by atoms with Gasteiger partial charge in [-0.25, -0.2) is 4.98 Å². The van der Waals surface area contributed by atoms with E-state index in [-0.39, 0.29) is 12.3 Å². The van der Waals surface area contributed by atoms with Crippen molar-refractivity contribution in [2.45, 2.75) is 12.8 Å². The molecule has 4 aromatic rings. The Morgan fingerprint density at radius 3 is 2.69 bits per heavy atom. The van der Waals surface area contributed by atoms with Crippen molar-refractivity contribution in [2.24, 2.45) is 0 Å². The van der Waals surface area contributed by atoms with Gasteiger partial charge in [0, 0.05) is 34.6 Å². The molecule has 0 aliphatic carbocycles. The Balaban J connectivity index is 1.34. The van der Waals surface area contributed by atoms with Crippen molar-refractivity contribution < 1.29 is 19.0 Å². The predicted octanol–water partition coefficient (Wildman–Crippen LogP) is 4.22. The lowest BCUT2D eigenvalue weighted by atomic mass is 10.1. The molecule has 0 bridgehead atoms. The smallest absolute Gasteiger partial charge is 0.226 e. The van der Waals surface area contributed by atoms with Crippen LogP contribution in [0.2, 0.25) is 0 Å². The fourth-order valence-electron chi connectivity index (χ4n) is 3.54. The van der Waals surface area contributed by atoms with Crippen LogP contribution in [-0.4, -0.2) is 43.7 Å². The molecule has 8 heteroatoms. The number of methoxy groups -OCH3 is 3. The van der Waals surface area contributed by atoms with Gasteiger partial charge in [-0.3, -0.25) is 4.79 Å². The van der Waals surface area contributed by atoms with Gasteiger partial charge in [0.15, 0.2) is 11.5 Å². The fraction of sp³-hybridized carbons (Fsp3) is 0.250. The number of amides is 1. The molecular formula is C24H25N3O4S. The number of nitrogens with zero attached hydrogens (tertiary/aromatic N) is 1. The Kier molecular flexibility index (Phi) is 6.61. The van der Waals surface area contributed by atoms with Crippen molar-refractivity contribution in [3.8, 4) is 27.8 Å². The molecule has 2 aromatic heterocycles. The highest BCUT2D eigenvalue weighted by molar-refractivity contribution is 7.13. The van der Waals surface area contributed by atoms with Crippen LogP contribution in [0.15, 0.2) is 48.0 Å². The Morgan fingerprint density at radius 2 is 1.91 bits per heavy atom. The first kappa shape index (κ1) is 21.7. The number of carbonyl (C=O) groups excluding carboxylic acids is 1. The number of aromatic amines is 1. The summed E-state index contributed by atoms with van der Waals surface area (Å²) in [7, 11) is 4.86. The van der Waals surface area contributed by atoms with Gasteiger partial charge in [-0.05, 0) is 48.4 Å². The second kappa shape index (κ2) is 9.74. The summed E-state index contributed by atoms with van der Waals surface area (Å²) >= 11 is 1.50. The molecule has 0 atom stereocenters. The van der Waals surface area contributed by atoms with Crippen molar-refractivity contribution in [1.29, 1.82) is 0 Å². The first-order valence-corrected chi connectivity index (χ1v) is 11.1. The van der Waals surface area contributed by atoms with Crippen LogP contribution in [0.1, 0.15) is 11.3 Å². The summed E-state index contributed by atoms with van der Waals surface area (Å²) in [4.78, 5) is 20.3. The number of hydrogen-bond acceptors (Lipinski definition) is 6. The zero-order valence-corrected chi connectivity index (χ0v) is 19.0. The summed E-state index contributed by atoms with van der Waals surface area (Å²) in [6.45, 7) is 0.551. The first-order valence-electron chi connectivity index (χ1n) is 10.2. The van der Waals surface area contributed by atoms with E-state index in [2.05, 4.69) is 15.3 Å². The Hall–Kier alpha value is -3.52. The summed E-state index contributed by atoms with van der Waals surface area (Å²) in [6.07, 6.45) is 2.95. The van der Waals surface area contributed by atoms with Crippen LogP contribution in [0.5, 0.6) is 17.2 Å². The third-order valence-electron chi connectivity index (χ3n) is 5.22. The SMILES string of the molecule is COc1ccc2[nH]cc(CCNC(=O)Cc3csc(-c4ccc(OC)c(OC)c4)n3)c2c1. The van der Waals surface area contributed by atoms with Gasteiger partial charge in [0.2, 0.25) is 5.91 Å². The zero-order chi connectivity index (χ0) is 22.5. The lowest BCUT2D eigenvalue weighted by Gasteiger charge is -2.08. The number of nitrogens with one attached hydrogen (secondary N) is 2. The minimum Gasteiger partial charge on any atom is -0.497 e. The number of H-pyrrole nitrogens is 1. The minimum absolute atomic E-state index is 0.0495. The Bertz CT molecular complexity index is 1230. The summed E-state index contributed by atoms with van der Waals surface area (Å²) in [5.74, 6) is 2.08. The molecule has 0 saturated heterocycles.